The monoisotopic (exact) mass is 375 g/mol. The molecule has 0 heterocycles. The molecule has 1 rings (SSSR count). The van der Waals surface area contributed by atoms with Crippen LogP contribution < -0.4 is 5.43 Å². The van der Waals surface area contributed by atoms with Crippen molar-refractivity contribution in [2.24, 2.45) is 5.10 Å². The van der Waals surface area contributed by atoms with E-state index in [0.29, 0.717) is 12.0 Å². The van der Waals surface area contributed by atoms with Gasteiger partial charge in [-0.25, -0.2) is 5.43 Å². The number of hydrogen-bond donors (Lipinski definition) is 1. The summed E-state index contributed by atoms with van der Waals surface area (Å²) in [6.45, 7) is 2.24. The van der Waals surface area contributed by atoms with Gasteiger partial charge in [-0.05, 0) is 12.5 Å². The van der Waals surface area contributed by atoms with E-state index in [4.69, 9.17) is 0 Å². The smallest absolute Gasteiger partial charge is 0.273 e. The van der Waals surface area contributed by atoms with E-state index < -0.39 is 4.92 Å². The molecule has 0 atom stereocenters. The molecule has 27 heavy (non-hydrogen) atoms. The molecule has 0 aromatic heterocycles. The average Bonchev–Trinajstić information content (AvgIpc) is 2.66. The van der Waals surface area contributed by atoms with Gasteiger partial charge in [0.2, 0.25) is 5.91 Å². The normalized spacial score (nSPS) is 11.0. The highest BCUT2D eigenvalue weighted by atomic mass is 16.6. The van der Waals surface area contributed by atoms with E-state index in [-0.39, 0.29) is 11.6 Å². The van der Waals surface area contributed by atoms with E-state index in [0.717, 1.165) is 12.8 Å². The highest BCUT2D eigenvalue weighted by Gasteiger charge is 2.10. The van der Waals surface area contributed by atoms with Gasteiger partial charge in [-0.2, -0.15) is 5.10 Å². The summed E-state index contributed by atoms with van der Waals surface area (Å²) in [5, 5.41) is 14.7. The number of rotatable bonds is 15. The van der Waals surface area contributed by atoms with Crippen LogP contribution in [0.4, 0.5) is 5.69 Å². The fraction of sp³-hybridized carbons (Fsp3) is 0.619. The number of carbonyl (C=O) groups is 1. The molecule has 6 nitrogen and oxygen atoms in total. The van der Waals surface area contributed by atoms with E-state index in [1.807, 2.05) is 0 Å². The van der Waals surface area contributed by atoms with Crippen molar-refractivity contribution in [1.29, 1.82) is 0 Å². The summed E-state index contributed by atoms with van der Waals surface area (Å²) in [4.78, 5) is 22.2. The first-order valence-corrected chi connectivity index (χ1v) is 10.2. The molecule has 6 heteroatoms. The van der Waals surface area contributed by atoms with Crippen LogP contribution in [0.2, 0.25) is 0 Å². The first kappa shape index (κ1) is 22.8. The zero-order chi connectivity index (χ0) is 19.7. The fourth-order valence-electron chi connectivity index (χ4n) is 2.94. The quantitative estimate of drug-likeness (QED) is 0.183. The van der Waals surface area contributed by atoms with Crippen LogP contribution in [0.5, 0.6) is 0 Å². The van der Waals surface area contributed by atoms with E-state index in [1.54, 1.807) is 18.2 Å². The molecule has 0 spiro atoms. The van der Waals surface area contributed by atoms with Crippen molar-refractivity contribution in [3.05, 3.63) is 39.9 Å². The van der Waals surface area contributed by atoms with E-state index in [2.05, 4.69) is 17.5 Å². The summed E-state index contributed by atoms with van der Waals surface area (Å²) in [6, 6.07) is 6.30. The predicted molar refractivity (Wildman–Crippen MR) is 110 cm³/mol. The summed E-state index contributed by atoms with van der Waals surface area (Å²) in [7, 11) is 0. The zero-order valence-electron chi connectivity index (χ0n) is 16.5. The number of para-hydroxylation sites is 1. The van der Waals surface area contributed by atoms with Crippen LogP contribution in [0.15, 0.2) is 29.4 Å². The van der Waals surface area contributed by atoms with Gasteiger partial charge in [0.05, 0.1) is 16.7 Å². The topological polar surface area (TPSA) is 84.6 Å². The molecule has 0 unspecified atom stereocenters. The summed E-state index contributed by atoms with van der Waals surface area (Å²) >= 11 is 0. The Labute approximate surface area is 162 Å². The molecule has 0 saturated carbocycles. The molecular formula is C21H33N3O3. The summed E-state index contributed by atoms with van der Waals surface area (Å²) in [5.74, 6) is -0.152. The summed E-state index contributed by atoms with van der Waals surface area (Å²) < 4.78 is 0. The number of carbonyl (C=O) groups excluding carboxylic acids is 1. The van der Waals surface area contributed by atoms with Crippen LogP contribution in [0.3, 0.4) is 0 Å². The second-order valence-corrected chi connectivity index (χ2v) is 6.89. The molecule has 0 bridgehead atoms. The number of hydrazone groups is 1. The second kappa shape index (κ2) is 14.9. The van der Waals surface area contributed by atoms with Crippen molar-refractivity contribution < 1.29 is 9.72 Å². The van der Waals surface area contributed by atoms with Gasteiger partial charge in [0.15, 0.2) is 0 Å². The van der Waals surface area contributed by atoms with Gasteiger partial charge in [0, 0.05) is 12.5 Å². The van der Waals surface area contributed by atoms with Gasteiger partial charge in [0.1, 0.15) is 0 Å². The van der Waals surface area contributed by atoms with Gasteiger partial charge in [-0.15, -0.1) is 0 Å². The van der Waals surface area contributed by atoms with Crippen molar-refractivity contribution in [1.82, 2.24) is 5.43 Å². The Kier molecular flexibility index (Phi) is 12.6. The lowest BCUT2D eigenvalue weighted by atomic mass is 10.1. The Morgan fingerprint density at radius 3 is 2.15 bits per heavy atom. The Bertz CT molecular complexity index is 588. The highest BCUT2D eigenvalue weighted by Crippen LogP contribution is 2.15. The lowest BCUT2D eigenvalue weighted by Crippen LogP contribution is -2.17. The minimum absolute atomic E-state index is 0.0270. The minimum atomic E-state index is -0.464. The molecule has 0 saturated heterocycles. The lowest BCUT2D eigenvalue weighted by Gasteiger charge is -2.02. The van der Waals surface area contributed by atoms with Crippen LogP contribution in [-0.2, 0) is 4.79 Å². The largest absolute Gasteiger partial charge is 0.278 e. The number of hydrogen-bond acceptors (Lipinski definition) is 4. The highest BCUT2D eigenvalue weighted by molar-refractivity contribution is 5.86. The minimum Gasteiger partial charge on any atom is -0.273 e. The molecule has 1 aromatic carbocycles. The van der Waals surface area contributed by atoms with Gasteiger partial charge in [-0.3, -0.25) is 14.9 Å². The molecule has 0 aliphatic heterocycles. The van der Waals surface area contributed by atoms with Crippen LogP contribution in [0.25, 0.3) is 0 Å². The van der Waals surface area contributed by atoms with Crippen LogP contribution in [-0.4, -0.2) is 17.0 Å². The van der Waals surface area contributed by atoms with E-state index in [9.17, 15) is 14.9 Å². The van der Waals surface area contributed by atoms with E-state index in [1.165, 1.54) is 70.1 Å². The Morgan fingerprint density at radius 2 is 1.56 bits per heavy atom. The maximum atomic E-state index is 11.8. The third-order valence-electron chi connectivity index (χ3n) is 4.53. The maximum absolute atomic E-state index is 11.8. The molecule has 1 N–H and O–H groups in total. The SMILES string of the molecule is CCCCCCCCCCCCCC(=O)NN=Cc1ccccc1[N+](=O)[O-]. The van der Waals surface area contributed by atoms with Gasteiger partial charge < -0.3 is 0 Å². The number of nitrogens with one attached hydrogen (secondary N) is 1. The first-order chi connectivity index (χ1) is 13.1. The number of amides is 1. The van der Waals surface area contributed by atoms with Crippen LogP contribution in [0, 0.1) is 10.1 Å². The first-order valence-electron chi connectivity index (χ1n) is 10.2. The summed E-state index contributed by atoms with van der Waals surface area (Å²) in [5.41, 5.74) is 2.79. The van der Waals surface area contributed by atoms with Crippen LogP contribution in [0.1, 0.15) is 89.5 Å². The Hall–Kier alpha value is -2.24. The molecular weight excluding hydrogens is 342 g/mol. The van der Waals surface area contributed by atoms with Crippen molar-refractivity contribution in [3.63, 3.8) is 0 Å². The van der Waals surface area contributed by atoms with Gasteiger partial charge in [0.25, 0.3) is 5.69 Å². The number of benzene rings is 1. The summed E-state index contributed by atoms with van der Waals surface area (Å²) in [6.07, 6.45) is 15.4. The van der Waals surface area contributed by atoms with Gasteiger partial charge >= 0.3 is 0 Å². The predicted octanol–water partition coefficient (Wildman–Crippen LogP) is 5.75. The molecule has 1 amide bonds. The number of unbranched alkanes of at least 4 members (excludes halogenated alkanes) is 10. The second-order valence-electron chi connectivity index (χ2n) is 6.89. The lowest BCUT2D eigenvalue weighted by molar-refractivity contribution is -0.385. The molecule has 0 radical (unpaired) electrons. The molecule has 0 aliphatic rings. The van der Waals surface area contributed by atoms with Crippen molar-refractivity contribution in [2.75, 3.05) is 0 Å². The van der Waals surface area contributed by atoms with Crippen molar-refractivity contribution in [3.8, 4) is 0 Å². The molecule has 0 fully saturated rings. The fourth-order valence-corrected chi connectivity index (χ4v) is 2.94. The van der Waals surface area contributed by atoms with E-state index >= 15 is 0 Å². The molecule has 150 valence electrons. The Morgan fingerprint density at radius 1 is 1.00 bits per heavy atom. The maximum Gasteiger partial charge on any atom is 0.278 e. The standard InChI is InChI=1S/C21H33N3O3/c1-2-3-4-5-6-7-8-9-10-11-12-17-21(25)23-22-18-19-15-13-14-16-20(19)24(26)27/h13-16,18H,2-12,17H2,1H3,(H,23,25). The van der Waals surface area contributed by atoms with Crippen molar-refractivity contribution in [2.45, 2.75) is 84.0 Å². The molecule has 0 aliphatic carbocycles. The average molecular weight is 376 g/mol. The number of nitro benzene ring substituents is 1. The van der Waals surface area contributed by atoms with Gasteiger partial charge in [-0.1, -0.05) is 83.3 Å². The molecule has 1 aromatic rings. The zero-order valence-corrected chi connectivity index (χ0v) is 16.5. The van der Waals surface area contributed by atoms with Crippen molar-refractivity contribution >= 4 is 17.8 Å². The number of nitro groups is 1. The third-order valence-corrected chi connectivity index (χ3v) is 4.53. The Balaban J connectivity index is 2.06. The number of nitrogens with zero attached hydrogens (tertiary/aromatic N) is 2. The van der Waals surface area contributed by atoms with Crippen LogP contribution >= 0.6 is 0 Å². The third kappa shape index (κ3) is 11.2.